The fourth-order valence-corrected chi connectivity index (χ4v) is 2.38. The fraction of sp³-hybridized carbons (Fsp3) is 0.300. The van der Waals surface area contributed by atoms with Crippen LogP contribution in [0, 0.1) is 0 Å². The van der Waals surface area contributed by atoms with E-state index in [0.29, 0.717) is 22.6 Å². The van der Waals surface area contributed by atoms with Gasteiger partial charge in [0.1, 0.15) is 0 Å². The van der Waals surface area contributed by atoms with Crippen LogP contribution in [-0.2, 0) is 11.2 Å². The van der Waals surface area contributed by atoms with E-state index in [4.69, 9.17) is 14.2 Å². The molecule has 0 spiro atoms. The Hall–Kier alpha value is -2.82. The number of rotatable bonds is 7. The molecule has 2 aromatic rings. The van der Waals surface area contributed by atoms with Crippen LogP contribution < -0.4 is 9.47 Å². The molecule has 0 bridgehead atoms. The second-order valence-corrected chi connectivity index (χ2v) is 5.53. The van der Waals surface area contributed by atoms with Crippen LogP contribution in [0.1, 0.15) is 40.1 Å². The van der Waals surface area contributed by atoms with Gasteiger partial charge in [0.2, 0.25) is 5.78 Å². The maximum atomic E-state index is 12.4. The summed E-state index contributed by atoms with van der Waals surface area (Å²) in [6, 6.07) is 12.0. The standard InChI is InChI=1S/C20H22O5/c1-5-14-6-8-15(9-7-14)19(21)13(2)25-20(22)16-10-11-17(23-3)18(12-16)24-4/h6-13H,5H2,1-4H3/t13-/m1/s1. The zero-order valence-electron chi connectivity index (χ0n) is 14.9. The third-order valence-electron chi connectivity index (χ3n) is 3.92. The summed E-state index contributed by atoms with van der Waals surface area (Å²) in [7, 11) is 3.00. The molecule has 0 saturated carbocycles. The monoisotopic (exact) mass is 342 g/mol. The highest BCUT2D eigenvalue weighted by Gasteiger charge is 2.21. The summed E-state index contributed by atoms with van der Waals surface area (Å²) in [5.41, 5.74) is 1.95. The number of ether oxygens (including phenoxy) is 3. The van der Waals surface area contributed by atoms with Gasteiger partial charge in [-0.15, -0.1) is 0 Å². The molecule has 2 aromatic carbocycles. The van der Waals surface area contributed by atoms with E-state index in [9.17, 15) is 9.59 Å². The molecule has 0 amide bonds. The molecule has 1 atom stereocenters. The molecule has 0 aliphatic carbocycles. The Kier molecular flexibility index (Phi) is 6.17. The highest BCUT2D eigenvalue weighted by atomic mass is 16.5. The van der Waals surface area contributed by atoms with Gasteiger partial charge in [0.25, 0.3) is 0 Å². The zero-order valence-corrected chi connectivity index (χ0v) is 14.9. The molecule has 5 nitrogen and oxygen atoms in total. The van der Waals surface area contributed by atoms with Gasteiger partial charge >= 0.3 is 5.97 Å². The zero-order chi connectivity index (χ0) is 18.4. The van der Waals surface area contributed by atoms with E-state index in [1.54, 1.807) is 31.2 Å². The minimum Gasteiger partial charge on any atom is -0.493 e. The predicted octanol–water partition coefficient (Wildman–Crippen LogP) is 3.69. The second-order valence-electron chi connectivity index (χ2n) is 5.53. The Morgan fingerprint density at radius 1 is 0.920 bits per heavy atom. The van der Waals surface area contributed by atoms with Crippen molar-refractivity contribution in [2.24, 2.45) is 0 Å². The number of ketones is 1. The molecular weight excluding hydrogens is 320 g/mol. The van der Waals surface area contributed by atoms with Gasteiger partial charge in [-0.1, -0.05) is 31.2 Å². The Bertz CT molecular complexity index is 749. The largest absolute Gasteiger partial charge is 0.493 e. The van der Waals surface area contributed by atoms with Gasteiger partial charge < -0.3 is 14.2 Å². The second kappa shape index (κ2) is 8.33. The minimum atomic E-state index is -0.881. The molecule has 0 radical (unpaired) electrons. The van der Waals surface area contributed by atoms with Crippen molar-refractivity contribution in [1.82, 2.24) is 0 Å². The van der Waals surface area contributed by atoms with E-state index in [1.807, 2.05) is 19.1 Å². The normalized spacial score (nSPS) is 11.5. The van der Waals surface area contributed by atoms with E-state index >= 15 is 0 Å². The number of hydrogen-bond acceptors (Lipinski definition) is 5. The average molecular weight is 342 g/mol. The van der Waals surface area contributed by atoms with Crippen LogP contribution in [0.2, 0.25) is 0 Å². The van der Waals surface area contributed by atoms with Crippen molar-refractivity contribution in [3.05, 3.63) is 59.2 Å². The fourth-order valence-electron chi connectivity index (χ4n) is 2.38. The highest BCUT2D eigenvalue weighted by molar-refractivity contribution is 6.01. The highest BCUT2D eigenvalue weighted by Crippen LogP contribution is 2.28. The topological polar surface area (TPSA) is 61.8 Å². The molecule has 0 unspecified atom stereocenters. The third-order valence-corrected chi connectivity index (χ3v) is 3.92. The summed E-state index contributed by atoms with van der Waals surface area (Å²) < 4.78 is 15.6. The van der Waals surface area contributed by atoms with Gasteiger partial charge in [0.15, 0.2) is 17.6 Å². The lowest BCUT2D eigenvalue weighted by Crippen LogP contribution is -2.24. The van der Waals surface area contributed by atoms with Crippen molar-refractivity contribution in [3.63, 3.8) is 0 Å². The first-order valence-electron chi connectivity index (χ1n) is 8.06. The smallest absolute Gasteiger partial charge is 0.338 e. The van der Waals surface area contributed by atoms with Gasteiger partial charge in [0, 0.05) is 5.56 Å². The number of aryl methyl sites for hydroxylation is 1. The molecule has 0 fully saturated rings. The first-order valence-corrected chi connectivity index (χ1v) is 8.06. The molecule has 5 heteroatoms. The number of Topliss-reactive ketones (excluding diaryl/α,β-unsaturated/α-hetero) is 1. The summed E-state index contributed by atoms with van der Waals surface area (Å²) >= 11 is 0. The molecule has 0 aliphatic rings. The average Bonchev–Trinajstić information content (AvgIpc) is 2.66. The number of carbonyl (C=O) groups is 2. The van der Waals surface area contributed by atoms with Gasteiger partial charge in [-0.05, 0) is 37.1 Å². The third kappa shape index (κ3) is 4.38. The van der Waals surface area contributed by atoms with E-state index in [-0.39, 0.29) is 5.78 Å². The molecule has 0 aliphatic heterocycles. The Labute approximate surface area is 147 Å². The van der Waals surface area contributed by atoms with Gasteiger partial charge in [-0.25, -0.2) is 4.79 Å². The minimum absolute atomic E-state index is 0.239. The number of carbonyl (C=O) groups excluding carboxylic acids is 2. The van der Waals surface area contributed by atoms with Crippen molar-refractivity contribution in [2.45, 2.75) is 26.4 Å². The van der Waals surface area contributed by atoms with Crippen LogP contribution in [0.25, 0.3) is 0 Å². The Morgan fingerprint density at radius 3 is 2.08 bits per heavy atom. The summed E-state index contributed by atoms with van der Waals surface area (Å²) in [5, 5.41) is 0. The molecule has 25 heavy (non-hydrogen) atoms. The molecule has 0 heterocycles. The van der Waals surface area contributed by atoms with E-state index in [2.05, 4.69) is 0 Å². The maximum Gasteiger partial charge on any atom is 0.338 e. The van der Waals surface area contributed by atoms with E-state index in [0.717, 1.165) is 12.0 Å². The van der Waals surface area contributed by atoms with Crippen LogP contribution in [-0.4, -0.2) is 32.1 Å². The van der Waals surface area contributed by atoms with Gasteiger partial charge in [-0.3, -0.25) is 4.79 Å². The lowest BCUT2D eigenvalue weighted by Gasteiger charge is -2.14. The van der Waals surface area contributed by atoms with Gasteiger partial charge in [-0.2, -0.15) is 0 Å². The van der Waals surface area contributed by atoms with Crippen LogP contribution in [0.5, 0.6) is 11.5 Å². The van der Waals surface area contributed by atoms with Crippen LogP contribution in [0.15, 0.2) is 42.5 Å². The van der Waals surface area contributed by atoms with Crippen molar-refractivity contribution in [2.75, 3.05) is 14.2 Å². The SMILES string of the molecule is CCc1ccc(C(=O)[C@@H](C)OC(=O)c2ccc(OC)c(OC)c2)cc1. The van der Waals surface area contributed by atoms with Crippen molar-refractivity contribution in [3.8, 4) is 11.5 Å². The Morgan fingerprint density at radius 2 is 1.52 bits per heavy atom. The van der Waals surface area contributed by atoms with Gasteiger partial charge in [0.05, 0.1) is 19.8 Å². The molecular formula is C20H22O5. The first-order chi connectivity index (χ1) is 12.0. The van der Waals surface area contributed by atoms with Crippen molar-refractivity contribution < 1.29 is 23.8 Å². The lowest BCUT2D eigenvalue weighted by atomic mass is 10.0. The van der Waals surface area contributed by atoms with Crippen LogP contribution in [0.3, 0.4) is 0 Å². The van der Waals surface area contributed by atoms with E-state index in [1.165, 1.54) is 20.3 Å². The van der Waals surface area contributed by atoms with Crippen LogP contribution >= 0.6 is 0 Å². The summed E-state index contributed by atoms with van der Waals surface area (Å²) in [5.74, 6) is 0.105. The lowest BCUT2D eigenvalue weighted by molar-refractivity contribution is 0.0318. The van der Waals surface area contributed by atoms with Crippen molar-refractivity contribution in [1.29, 1.82) is 0 Å². The van der Waals surface area contributed by atoms with E-state index < -0.39 is 12.1 Å². The quantitative estimate of drug-likeness (QED) is 0.567. The number of hydrogen-bond donors (Lipinski definition) is 0. The Balaban J connectivity index is 2.09. The molecule has 2 rings (SSSR count). The summed E-state index contributed by atoms with van der Waals surface area (Å²) in [4.78, 5) is 24.7. The predicted molar refractivity (Wildman–Crippen MR) is 94.6 cm³/mol. The number of esters is 1. The summed E-state index contributed by atoms with van der Waals surface area (Å²) in [6.45, 7) is 3.61. The number of benzene rings is 2. The maximum absolute atomic E-state index is 12.4. The van der Waals surface area contributed by atoms with Crippen LogP contribution in [0.4, 0.5) is 0 Å². The molecule has 0 aromatic heterocycles. The summed E-state index contributed by atoms with van der Waals surface area (Å²) in [6.07, 6.45) is 0.0197. The first kappa shape index (κ1) is 18.5. The molecule has 0 N–H and O–H groups in total. The molecule has 0 saturated heterocycles. The molecule has 132 valence electrons. The van der Waals surface area contributed by atoms with Crippen molar-refractivity contribution >= 4 is 11.8 Å². The number of methoxy groups -OCH3 is 2.